The molecule has 48 valence electrons. The predicted molar refractivity (Wildman–Crippen MR) is 37.7 cm³/mol. The van der Waals surface area contributed by atoms with Crippen molar-refractivity contribution in [2.24, 2.45) is 5.92 Å². The van der Waals surface area contributed by atoms with E-state index in [-0.39, 0.29) is 0 Å². The Hall–Kier alpha value is -0.460. The maximum atomic E-state index is 3.83. The predicted octanol–water partition coefficient (Wildman–Crippen LogP) is 1.77. The molecule has 0 aliphatic rings. The Labute approximate surface area is 51.8 Å². The zero-order valence-corrected chi connectivity index (χ0v) is 5.99. The number of nitrogens with one attached hydrogen (secondary N) is 1. The summed E-state index contributed by atoms with van der Waals surface area (Å²) < 4.78 is 0. The molecule has 0 aliphatic heterocycles. The average Bonchev–Trinajstić information content (AvgIpc) is 1.84. The summed E-state index contributed by atoms with van der Waals surface area (Å²) >= 11 is 0. The highest BCUT2D eigenvalue weighted by Gasteiger charge is 1.98. The monoisotopic (exact) mass is 113 g/mol. The molecule has 0 amide bonds. The van der Waals surface area contributed by atoms with Crippen molar-refractivity contribution in [2.75, 3.05) is 7.05 Å². The van der Waals surface area contributed by atoms with Crippen LogP contribution in [0.2, 0.25) is 0 Å². The molecule has 1 atom stereocenters. The maximum absolute atomic E-state index is 3.83. The molecule has 0 aliphatic carbocycles. The SMILES string of the molecule is C=C(NC)[C@@H](C)CC. The first kappa shape index (κ1) is 7.54. The van der Waals surface area contributed by atoms with Crippen LogP contribution < -0.4 is 5.32 Å². The van der Waals surface area contributed by atoms with E-state index in [2.05, 4.69) is 25.7 Å². The minimum absolute atomic E-state index is 0.611. The topological polar surface area (TPSA) is 12.0 Å². The fourth-order valence-electron chi connectivity index (χ4n) is 0.493. The molecule has 0 radical (unpaired) electrons. The largest absolute Gasteiger partial charge is 0.392 e. The van der Waals surface area contributed by atoms with Crippen LogP contribution in [0, 0.1) is 5.92 Å². The van der Waals surface area contributed by atoms with Crippen molar-refractivity contribution in [3.05, 3.63) is 12.3 Å². The fraction of sp³-hybridized carbons (Fsp3) is 0.714. The molecule has 1 heteroatoms. The van der Waals surface area contributed by atoms with Crippen molar-refractivity contribution in [2.45, 2.75) is 20.3 Å². The van der Waals surface area contributed by atoms with E-state index in [9.17, 15) is 0 Å². The van der Waals surface area contributed by atoms with Gasteiger partial charge in [0.1, 0.15) is 0 Å². The van der Waals surface area contributed by atoms with Gasteiger partial charge in [-0.1, -0.05) is 20.4 Å². The average molecular weight is 113 g/mol. The molecule has 0 heterocycles. The Kier molecular flexibility index (Phi) is 3.33. The first-order valence-electron chi connectivity index (χ1n) is 3.08. The molecule has 0 unspecified atom stereocenters. The normalized spacial score (nSPS) is 12.9. The van der Waals surface area contributed by atoms with E-state index in [0.29, 0.717) is 5.92 Å². The van der Waals surface area contributed by atoms with E-state index in [1.165, 1.54) is 6.42 Å². The molecule has 0 saturated carbocycles. The van der Waals surface area contributed by atoms with Crippen LogP contribution in [-0.4, -0.2) is 7.05 Å². The van der Waals surface area contributed by atoms with Crippen LogP contribution in [0.3, 0.4) is 0 Å². The van der Waals surface area contributed by atoms with Gasteiger partial charge in [0.25, 0.3) is 0 Å². The zero-order valence-electron chi connectivity index (χ0n) is 5.99. The summed E-state index contributed by atoms with van der Waals surface area (Å²) in [4.78, 5) is 0. The first-order valence-corrected chi connectivity index (χ1v) is 3.08. The van der Waals surface area contributed by atoms with Crippen molar-refractivity contribution in [3.8, 4) is 0 Å². The third kappa shape index (κ3) is 2.01. The summed E-state index contributed by atoms with van der Waals surface area (Å²) in [5.74, 6) is 0.611. The lowest BCUT2D eigenvalue weighted by molar-refractivity contribution is 0.616. The zero-order chi connectivity index (χ0) is 6.57. The molecule has 1 nitrogen and oxygen atoms in total. The number of allylic oxidation sites excluding steroid dienone is 1. The van der Waals surface area contributed by atoms with Gasteiger partial charge in [0.15, 0.2) is 0 Å². The van der Waals surface area contributed by atoms with E-state index in [0.717, 1.165) is 5.70 Å². The van der Waals surface area contributed by atoms with Crippen LogP contribution in [0.5, 0.6) is 0 Å². The van der Waals surface area contributed by atoms with Crippen LogP contribution in [0.1, 0.15) is 20.3 Å². The van der Waals surface area contributed by atoms with E-state index in [1.807, 2.05) is 7.05 Å². The molecule has 0 rings (SSSR count). The quantitative estimate of drug-likeness (QED) is 0.588. The standard InChI is InChI=1S/C7H15N/c1-5-6(2)7(3)8-4/h6,8H,3,5H2,1-2,4H3/t6-/m0/s1. The van der Waals surface area contributed by atoms with E-state index in [4.69, 9.17) is 0 Å². The molecule has 0 bridgehead atoms. The lowest BCUT2D eigenvalue weighted by Crippen LogP contribution is -2.11. The van der Waals surface area contributed by atoms with Gasteiger partial charge >= 0.3 is 0 Å². The fourth-order valence-corrected chi connectivity index (χ4v) is 0.493. The highest BCUT2D eigenvalue weighted by Crippen LogP contribution is 2.06. The minimum Gasteiger partial charge on any atom is -0.392 e. The molecule has 1 N–H and O–H groups in total. The van der Waals surface area contributed by atoms with Crippen LogP contribution >= 0.6 is 0 Å². The van der Waals surface area contributed by atoms with E-state index in [1.54, 1.807) is 0 Å². The van der Waals surface area contributed by atoms with Gasteiger partial charge in [-0.05, 0) is 12.3 Å². The van der Waals surface area contributed by atoms with Gasteiger partial charge in [-0.2, -0.15) is 0 Å². The van der Waals surface area contributed by atoms with Gasteiger partial charge in [0, 0.05) is 12.7 Å². The van der Waals surface area contributed by atoms with E-state index < -0.39 is 0 Å². The highest BCUT2D eigenvalue weighted by molar-refractivity contribution is 4.93. The van der Waals surface area contributed by atoms with Crippen LogP contribution in [-0.2, 0) is 0 Å². The highest BCUT2D eigenvalue weighted by atomic mass is 14.8. The lowest BCUT2D eigenvalue weighted by atomic mass is 10.1. The molecule has 0 aromatic heterocycles. The summed E-state index contributed by atoms with van der Waals surface area (Å²) in [5.41, 5.74) is 1.13. The van der Waals surface area contributed by atoms with Crippen molar-refractivity contribution < 1.29 is 0 Å². The smallest absolute Gasteiger partial charge is 0.00596 e. The summed E-state index contributed by atoms with van der Waals surface area (Å²) in [5, 5.41) is 3.02. The molecule has 0 saturated heterocycles. The van der Waals surface area contributed by atoms with Crippen molar-refractivity contribution in [3.63, 3.8) is 0 Å². The van der Waals surface area contributed by atoms with Crippen LogP contribution in [0.15, 0.2) is 12.3 Å². The minimum atomic E-state index is 0.611. The second-order valence-corrected chi connectivity index (χ2v) is 2.08. The van der Waals surface area contributed by atoms with Gasteiger partial charge < -0.3 is 5.32 Å². The second-order valence-electron chi connectivity index (χ2n) is 2.08. The lowest BCUT2D eigenvalue weighted by Gasteiger charge is -2.10. The number of hydrogen-bond donors (Lipinski definition) is 1. The van der Waals surface area contributed by atoms with Gasteiger partial charge in [0.05, 0.1) is 0 Å². The number of rotatable bonds is 3. The van der Waals surface area contributed by atoms with Crippen molar-refractivity contribution in [1.29, 1.82) is 0 Å². The molecule has 8 heavy (non-hydrogen) atoms. The Morgan fingerprint density at radius 1 is 1.75 bits per heavy atom. The maximum Gasteiger partial charge on any atom is 0.00596 e. The second kappa shape index (κ2) is 3.53. The van der Waals surface area contributed by atoms with Crippen LogP contribution in [0.25, 0.3) is 0 Å². The summed E-state index contributed by atoms with van der Waals surface area (Å²) in [6.07, 6.45) is 1.17. The summed E-state index contributed by atoms with van der Waals surface area (Å²) in [6, 6.07) is 0. The number of hydrogen-bond acceptors (Lipinski definition) is 1. The Morgan fingerprint density at radius 3 is 2.38 bits per heavy atom. The van der Waals surface area contributed by atoms with Gasteiger partial charge in [-0.3, -0.25) is 0 Å². The summed E-state index contributed by atoms with van der Waals surface area (Å²) in [6.45, 7) is 8.16. The van der Waals surface area contributed by atoms with Crippen LogP contribution in [0.4, 0.5) is 0 Å². The molecule has 0 fully saturated rings. The van der Waals surface area contributed by atoms with Gasteiger partial charge in [-0.25, -0.2) is 0 Å². The third-order valence-corrected chi connectivity index (χ3v) is 1.53. The molecular weight excluding hydrogens is 98.1 g/mol. The van der Waals surface area contributed by atoms with Crippen molar-refractivity contribution >= 4 is 0 Å². The van der Waals surface area contributed by atoms with Gasteiger partial charge in [-0.15, -0.1) is 0 Å². The third-order valence-electron chi connectivity index (χ3n) is 1.53. The van der Waals surface area contributed by atoms with Crippen molar-refractivity contribution in [1.82, 2.24) is 5.32 Å². The van der Waals surface area contributed by atoms with Gasteiger partial charge in [0.2, 0.25) is 0 Å². The Balaban J connectivity index is 3.46. The van der Waals surface area contributed by atoms with E-state index >= 15 is 0 Å². The molecule has 0 aromatic rings. The molecular formula is C7H15N. The first-order chi connectivity index (χ1) is 3.72. The Morgan fingerprint density at radius 2 is 2.25 bits per heavy atom. The summed E-state index contributed by atoms with van der Waals surface area (Å²) in [7, 11) is 1.91. The molecule has 0 aromatic carbocycles. The Bertz CT molecular complexity index is 76.5. The molecule has 0 spiro atoms.